The number of rotatable bonds is 5. The van der Waals surface area contributed by atoms with E-state index in [-0.39, 0.29) is 5.92 Å². The minimum atomic E-state index is -0.259. The summed E-state index contributed by atoms with van der Waals surface area (Å²) < 4.78 is 5.16. The number of carbonyl (C=O) groups excluding carboxylic acids is 1. The van der Waals surface area contributed by atoms with Crippen LogP contribution in [0.25, 0.3) is 11.1 Å². The van der Waals surface area contributed by atoms with Crippen molar-refractivity contribution in [2.75, 3.05) is 7.11 Å². The van der Waals surface area contributed by atoms with Crippen LogP contribution >= 0.6 is 0 Å². The van der Waals surface area contributed by atoms with Crippen LogP contribution in [0.1, 0.15) is 17.0 Å². The van der Waals surface area contributed by atoms with E-state index in [9.17, 15) is 4.79 Å². The van der Waals surface area contributed by atoms with Gasteiger partial charge in [0.2, 0.25) is 0 Å². The van der Waals surface area contributed by atoms with Crippen LogP contribution in [0.2, 0.25) is 0 Å². The zero-order valence-corrected chi connectivity index (χ0v) is 13.0. The van der Waals surface area contributed by atoms with E-state index in [1.165, 1.54) is 5.56 Å². The Morgan fingerprint density at radius 3 is 1.78 bits per heavy atom. The second-order valence-electron chi connectivity index (χ2n) is 5.37. The summed E-state index contributed by atoms with van der Waals surface area (Å²) in [7, 11) is 1.63. The summed E-state index contributed by atoms with van der Waals surface area (Å²) in [6, 6.07) is 26.0. The van der Waals surface area contributed by atoms with Gasteiger partial charge < -0.3 is 9.53 Å². The molecule has 0 fully saturated rings. The van der Waals surface area contributed by atoms with Crippen LogP contribution in [0.3, 0.4) is 0 Å². The summed E-state index contributed by atoms with van der Waals surface area (Å²) in [6.45, 7) is 0. The van der Waals surface area contributed by atoms with Crippen molar-refractivity contribution >= 4 is 6.29 Å². The molecule has 0 heterocycles. The van der Waals surface area contributed by atoms with Gasteiger partial charge in [0.05, 0.1) is 13.0 Å². The number of aldehydes is 1. The van der Waals surface area contributed by atoms with Crippen LogP contribution in [0.5, 0.6) is 5.75 Å². The molecule has 23 heavy (non-hydrogen) atoms. The van der Waals surface area contributed by atoms with Gasteiger partial charge in [-0.2, -0.15) is 0 Å². The molecule has 2 heteroatoms. The van der Waals surface area contributed by atoms with Crippen molar-refractivity contribution in [3.63, 3.8) is 0 Å². The quantitative estimate of drug-likeness (QED) is 0.639. The fraction of sp³-hybridized carbons (Fsp3) is 0.0952. The van der Waals surface area contributed by atoms with E-state index in [1.54, 1.807) is 7.11 Å². The standard InChI is InChI=1S/C21H18O2/c1-23-20-13-11-19(12-14-20)21(15-22)18-9-7-17(8-10-18)16-5-3-2-4-6-16/h2-15,21H,1H3. The summed E-state index contributed by atoms with van der Waals surface area (Å²) in [6.07, 6.45) is 0.985. The Morgan fingerprint density at radius 1 is 0.739 bits per heavy atom. The fourth-order valence-corrected chi connectivity index (χ4v) is 2.67. The third-order valence-electron chi connectivity index (χ3n) is 3.99. The number of carbonyl (C=O) groups is 1. The molecule has 0 bridgehead atoms. The molecular weight excluding hydrogens is 284 g/mol. The van der Waals surface area contributed by atoms with Crippen LogP contribution < -0.4 is 4.74 Å². The van der Waals surface area contributed by atoms with Crippen molar-refractivity contribution in [3.8, 4) is 16.9 Å². The molecule has 0 aromatic heterocycles. The number of methoxy groups -OCH3 is 1. The molecule has 0 saturated heterocycles. The second-order valence-corrected chi connectivity index (χ2v) is 5.37. The molecule has 0 aliphatic heterocycles. The predicted molar refractivity (Wildman–Crippen MR) is 92.8 cm³/mol. The Bertz CT molecular complexity index is 759. The topological polar surface area (TPSA) is 26.3 Å². The van der Waals surface area contributed by atoms with Gasteiger partial charge in [0, 0.05) is 0 Å². The first-order chi connectivity index (χ1) is 11.3. The molecule has 0 spiro atoms. The van der Waals surface area contributed by atoms with E-state index in [1.807, 2.05) is 54.6 Å². The predicted octanol–water partition coefficient (Wildman–Crippen LogP) is 4.69. The number of ether oxygens (including phenoxy) is 1. The van der Waals surface area contributed by atoms with Crippen molar-refractivity contribution in [3.05, 3.63) is 90.0 Å². The summed E-state index contributed by atoms with van der Waals surface area (Å²) in [5.41, 5.74) is 4.28. The second kappa shape index (κ2) is 6.93. The molecule has 3 aromatic rings. The van der Waals surface area contributed by atoms with Crippen molar-refractivity contribution in [2.45, 2.75) is 5.92 Å². The molecule has 114 valence electrons. The van der Waals surface area contributed by atoms with Crippen molar-refractivity contribution in [1.82, 2.24) is 0 Å². The lowest BCUT2D eigenvalue weighted by atomic mass is 9.91. The van der Waals surface area contributed by atoms with Gasteiger partial charge in [0.15, 0.2) is 0 Å². The maximum Gasteiger partial charge on any atom is 0.131 e. The third kappa shape index (κ3) is 3.32. The van der Waals surface area contributed by atoms with E-state index in [0.29, 0.717) is 0 Å². The van der Waals surface area contributed by atoms with E-state index in [4.69, 9.17) is 4.74 Å². The van der Waals surface area contributed by atoms with Gasteiger partial charge in [0.25, 0.3) is 0 Å². The van der Waals surface area contributed by atoms with Crippen molar-refractivity contribution in [2.24, 2.45) is 0 Å². The molecule has 0 radical (unpaired) electrons. The van der Waals surface area contributed by atoms with Gasteiger partial charge >= 0.3 is 0 Å². The highest BCUT2D eigenvalue weighted by atomic mass is 16.5. The monoisotopic (exact) mass is 302 g/mol. The molecule has 0 N–H and O–H groups in total. The average Bonchev–Trinajstić information content (AvgIpc) is 2.64. The first-order valence-corrected chi connectivity index (χ1v) is 7.56. The maximum absolute atomic E-state index is 11.6. The smallest absolute Gasteiger partial charge is 0.131 e. The Morgan fingerprint density at radius 2 is 1.26 bits per heavy atom. The zero-order valence-electron chi connectivity index (χ0n) is 13.0. The lowest BCUT2D eigenvalue weighted by Gasteiger charge is -2.13. The molecule has 3 aromatic carbocycles. The summed E-state index contributed by atoms with van der Waals surface area (Å²) in [5.74, 6) is 0.531. The van der Waals surface area contributed by atoms with Gasteiger partial charge in [-0.1, -0.05) is 66.7 Å². The van der Waals surface area contributed by atoms with E-state index < -0.39 is 0 Å². The summed E-state index contributed by atoms with van der Waals surface area (Å²) in [5, 5.41) is 0. The largest absolute Gasteiger partial charge is 0.497 e. The van der Waals surface area contributed by atoms with Gasteiger partial charge in [-0.05, 0) is 34.4 Å². The Balaban J connectivity index is 1.88. The van der Waals surface area contributed by atoms with Gasteiger partial charge in [-0.3, -0.25) is 0 Å². The minimum Gasteiger partial charge on any atom is -0.497 e. The first-order valence-electron chi connectivity index (χ1n) is 7.56. The third-order valence-corrected chi connectivity index (χ3v) is 3.99. The molecule has 0 amide bonds. The summed E-state index contributed by atoms with van der Waals surface area (Å²) >= 11 is 0. The zero-order chi connectivity index (χ0) is 16.1. The molecular formula is C21H18O2. The van der Waals surface area contributed by atoms with Crippen LogP contribution in [-0.4, -0.2) is 13.4 Å². The fourth-order valence-electron chi connectivity index (χ4n) is 2.67. The summed E-state index contributed by atoms with van der Waals surface area (Å²) in [4.78, 5) is 11.6. The molecule has 2 nitrogen and oxygen atoms in total. The first kappa shape index (κ1) is 15.0. The number of benzene rings is 3. The molecule has 1 atom stereocenters. The highest BCUT2D eigenvalue weighted by Crippen LogP contribution is 2.27. The Hall–Kier alpha value is -2.87. The van der Waals surface area contributed by atoms with Gasteiger partial charge in [-0.15, -0.1) is 0 Å². The van der Waals surface area contributed by atoms with Crippen LogP contribution in [0, 0.1) is 0 Å². The highest BCUT2D eigenvalue weighted by molar-refractivity contribution is 5.70. The van der Waals surface area contributed by atoms with E-state index in [0.717, 1.165) is 28.7 Å². The molecule has 3 rings (SSSR count). The van der Waals surface area contributed by atoms with Crippen LogP contribution in [0.4, 0.5) is 0 Å². The Labute approximate surface area is 136 Å². The number of hydrogen-bond donors (Lipinski definition) is 0. The molecule has 1 unspecified atom stereocenters. The Kier molecular flexibility index (Phi) is 4.53. The lowest BCUT2D eigenvalue weighted by Crippen LogP contribution is -2.02. The molecule has 0 aliphatic carbocycles. The minimum absolute atomic E-state index is 0.259. The van der Waals surface area contributed by atoms with E-state index in [2.05, 4.69) is 24.3 Å². The van der Waals surface area contributed by atoms with Crippen molar-refractivity contribution < 1.29 is 9.53 Å². The lowest BCUT2D eigenvalue weighted by molar-refractivity contribution is -0.108. The van der Waals surface area contributed by atoms with Gasteiger partial charge in [0.1, 0.15) is 12.0 Å². The number of hydrogen-bond acceptors (Lipinski definition) is 2. The van der Waals surface area contributed by atoms with Crippen molar-refractivity contribution in [1.29, 1.82) is 0 Å². The normalized spacial score (nSPS) is 11.7. The molecule has 0 aliphatic rings. The average molecular weight is 302 g/mol. The van der Waals surface area contributed by atoms with E-state index >= 15 is 0 Å². The maximum atomic E-state index is 11.6. The highest BCUT2D eigenvalue weighted by Gasteiger charge is 2.13. The SMILES string of the molecule is COc1ccc(C(C=O)c2ccc(-c3ccccc3)cc2)cc1. The van der Waals surface area contributed by atoms with Gasteiger partial charge in [-0.25, -0.2) is 0 Å². The molecule has 0 saturated carbocycles. The van der Waals surface area contributed by atoms with Crippen LogP contribution in [-0.2, 0) is 4.79 Å². The van der Waals surface area contributed by atoms with Crippen LogP contribution in [0.15, 0.2) is 78.9 Å².